The standard InChI is InChI=1S/C5H9Cl.C2H8O2Si/c6-5-3-1-2-4-5;1-3-5-4-2/h5H,1-4H2;5H2,1-2H3. The Hall–Kier alpha value is 0.427. The maximum atomic E-state index is 5.71. The van der Waals surface area contributed by atoms with Gasteiger partial charge in [-0.1, -0.05) is 12.8 Å². The van der Waals surface area contributed by atoms with E-state index in [1.54, 1.807) is 14.2 Å². The predicted molar refractivity (Wildman–Crippen MR) is 50.7 cm³/mol. The first-order chi connectivity index (χ1) is 5.31. The third kappa shape index (κ3) is 8.33. The lowest BCUT2D eigenvalue weighted by molar-refractivity contribution is 0.309. The highest BCUT2D eigenvalue weighted by Gasteiger charge is 2.09. The van der Waals surface area contributed by atoms with Crippen molar-refractivity contribution >= 4 is 21.6 Å². The minimum absolute atomic E-state index is 0.519. The minimum Gasteiger partial charge on any atom is -0.402 e. The van der Waals surface area contributed by atoms with Crippen LogP contribution in [0.15, 0.2) is 0 Å². The minimum atomic E-state index is -0.568. The summed E-state index contributed by atoms with van der Waals surface area (Å²) in [7, 11) is 2.73. The first kappa shape index (κ1) is 11.4. The first-order valence-corrected chi connectivity index (χ1v) is 5.52. The molecule has 1 saturated carbocycles. The van der Waals surface area contributed by atoms with Gasteiger partial charge in [-0.25, -0.2) is 0 Å². The monoisotopic (exact) mass is 196 g/mol. The summed E-state index contributed by atoms with van der Waals surface area (Å²) in [6.45, 7) is 0. The van der Waals surface area contributed by atoms with Crippen LogP contribution in [0, 0.1) is 0 Å². The molecule has 1 rings (SSSR count). The van der Waals surface area contributed by atoms with E-state index >= 15 is 0 Å². The summed E-state index contributed by atoms with van der Waals surface area (Å²) in [6, 6.07) is 0. The Kier molecular flexibility index (Phi) is 8.85. The largest absolute Gasteiger partial charge is 0.402 e. The van der Waals surface area contributed by atoms with Crippen molar-refractivity contribution in [3.63, 3.8) is 0 Å². The van der Waals surface area contributed by atoms with Gasteiger partial charge in [-0.15, -0.1) is 11.6 Å². The number of hydrogen-bond acceptors (Lipinski definition) is 2. The number of alkyl halides is 1. The maximum absolute atomic E-state index is 5.71. The van der Waals surface area contributed by atoms with Crippen LogP contribution in [-0.2, 0) is 8.85 Å². The topological polar surface area (TPSA) is 18.5 Å². The molecule has 0 amide bonds. The van der Waals surface area contributed by atoms with Crippen molar-refractivity contribution in [2.45, 2.75) is 31.1 Å². The highest BCUT2D eigenvalue weighted by Crippen LogP contribution is 2.22. The molecule has 0 spiro atoms. The molecule has 0 aliphatic heterocycles. The Labute approximate surface area is 76.3 Å². The van der Waals surface area contributed by atoms with Crippen molar-refractivity contribution < 1.29 is 8.85 Å². The second-order valence-electron chi connectivity index (χ2n) is 2.58. The Balaban J connectivity index is 0.000000187. The molecule has 0 aromatic carbocycles. The lowest BCUT2D eigenvalue weighted by Crippen LogP contribution is -1.93. The van der Waals surface area contributed by atoms with Gasteiger partial charge in [0.2, 0.25) is 0 Å². The van der Waals surface area contributed by atoms with Crippen molar-refractivity contribution in [3.8, 4) is 0 Å². The molecule has 0 unspecified atom stereocenters. The van der Waals surface area contributed by atoms with Crippen LogP contribution in [0.2, 0.25) is 0 Å². The van der Waals surface area contributed by atoms with E-state index < -0.39 is 10.0 Å². The third-order valence-corrected chi connectivity index (χ3v) is 2.43. The van der Waals surface area contributed by atoms with E-state index in [-0.39, 0.29) is 0 Å². The van der Waals surface area contributed by atoms with Gasteiger partial charge in [0.1, 0.15) is 0 Å². The van der Waals surface area contributed by atoms with Crippen molar-refractivity contribution in [1.82, 2.24) is 0 Å². The molecule has 4 heteroatoms. The molecule has 0 N–H and O–H groups in total. The summed E-state index contributed by atoms with van der Waals surface area (Å²) in [6.07, 6.45) is 5.21. The Morgan fingerprint density at radius 3 is 1.73 bits per heavy atom. The molecule has 0 atom stereocenters. The quantitative estimate of drug-likeness (QED) is 0.492. The van der Waals surface area contributed by atoms with Crippen LogP contribution in [0.3, 0.4) is 0 Å². The molecule has 0 heterocycles. The summed E-state index contributed by atoms with van der Waals surface area (Å²) in [5.74, 6) is 0. The van der Waals surface area contributed by atoms with E-state index in [1.165, 1.54) is 25.7 Å². The zero-order valence-electron chi connectivity index (χ0n) is 7.31. The van der Waals surface area contributed by atoms with Crippen LogP contribution in [0.5, 0.6) is 0 Å². The van der Waals surface area contributed by atoms with E-state index in [4.69, 9.17) is 11.6 Å². The fourth-order valence-corrected chi connectivity index (χ4v) is 1.54. The van der Waals surface area contributed by atoms with Gasteiger partial charge < -0.3 is 8.85 Å². The Morgan fingerprint density at radius 2 is 1.64 bits per heavy atom. The first-order valence-electron chi connectivity index (χ1n) is 3.93. The average Bonchev–Trinajstić information content (AvgIpc) is 2.43. The number of halogens is 1. The Morgan fingerprint density at radius 1 is 1.18 bits per heavy atom. The molecular formula is C7H17ClO2Si. The van der Waals surface area contributed by atoms with E-state index in [1.807, 2.05) is 0 Å². The molecule has 0 aromatic rings. The third-order valence-electron chi connectivity index (χ3n) is 1.52. The van der Waals surface area contributed by atoms with Crippen LogP contribution in [-0.4, -0.2) is 29.6 Å². The van der Waals surface area contributed by atoms with Crippen LogP contribution < -0.4 is 0 Å². The van der Waals surface area contributed by atoms with Gasteiger partial charge in [-0.2, -0.15) is 0 Å². The molecule has 0 bridgehead atoms. The lowest BCUT2D eigenvalue weighted by atomic mass is 10.4. The molecule has 0 saturated heterocycles. The zero-order chi connectivity index (χ0) is 8.53. The van der Waals surface area contributed by atoms with Gasteiger partial charge in [0.15, 0.2) is 0 Å². The van der Waals surface area contributed by atoms with Crippen molar-refractivity contribution in [1.29, 1.82) is 0 Å². The van der Waals surface area contributed by atoms with Gasteiger partial charge in [-0.3, -0.25) is 0 Å². The summed E-state index contributed by atoms with van der Waals surface area (Å²) in [5, 5.41) is 0.519. The summed E-state index contributed by atoms with van der Waals surface area (Å²) < 4.78 is 9.22. The molecule has 1 fully saturated rings. The fourth-order valence-electron chi connectivity index (χ4n) is 0.994. The van der Waals surface area contributed by atoms with Gasteiger partial charge in [0, 0.05) is 19.6 Å². The van der Waals surface area contributed by atoms with Crippen LogP contribution in [0.1, 0.15) is 25.7 Å². The van der Waals surface area contributed by atoms with E-state index in [2.05, 4.69) is 8.85 Å². The van der Waals surface area contributed by atoms with E-state index in [9.17, 15) is 0 Å². The molecule has 11 heavy (non-hydrogen) atoms. The molecule has 0 aromatic heterocycles. The van der Waals surface area contributed by atoms with Gasteiger partial charge in [-0.05, 0) is 12.8 Å². The van der Waals surface area contributed by atoms with Gasteiger partial charge in [0.25, 0.3) is 0 Å². The van der Waals surface area contributed by atoms with Crippen molar-refractivity contribution in [2.24, 2.45) is 0 Å². The smallest absolute Gasteiger partial charge is 0.303 e. The molecule has 1 aliphatic carbocycles. The van der Waals surface area contributed by atoms with Crippen LogP contribution in [0.25, 0.3) is 0 Å². The Bertz CT molecular complexity index is 74.8. The summed E-state index contributed by atoms with van der Waals surface area (Å²) >= 11 is 5.71. The molecular weight excluding hydrogens is 180 g/mol. The van der Waals surface area contributed by atoms with Gasteiger partial charge >= 0.3 is 10.0 Å². The van der Waals surface area contributed by atoms with Crippen LogP contribution >= 0.6 is 11.6 Å². The lowest BCUT2D eigenvalue weighted by Gasteiger charge is -1.88. The van der Waals surface area contributed by atoms with E-state index in [0.29, 0.717) is 5.38 Å². The van der Waals surface area contributed by atoms with E-state index in [0.717, 1.165) is 0 Å². The molecule has 68 valence electrons. The number of rotatable bonds is 2. The average molecular weight is 197 g/mol. The summed E-state index contributed by atoms with van der Waals surface area (Å²) in [4.78, 5) is 0. The van der Waals surface area contributed by atoms with Crippen molar-refractivity contribution in [2.75, 3.05) is 14.2 Å². The normalized spacial score (nSPS) is 17.7. The zero-order valence-corrected chi connectivity index (χ0v) is 9.48. The second-order valence-corrected chi connectivity index (χ2v) is 4.58. The SMILES string of the molecule is CO[SiH2]OC.ClC1CCCC1. The second kappa shape index (κ2) is 8.52. The summed E-state index contributed by atoms with van der Waals surface area (Å²) in [5.41, 5.74) is 0. The van der Waals surface area contributed by atoms with Crippen LogP contribution in [0.4, 0.5) is 0 Å². The molecule has 0 radical (unpaired) electrons. The molecule has 2 nitrogen and oxygen atoms in total. The highest BCUT2D eigenvalue weighted by molar-refractivity contribution is 6.20. The molecule has 1 aliphatic rings. The highest BCUT2D eigenvalue weighted by atomic mass is 35.5. The van der Waals surface area contributed by atoms with Crippen molar-refractivity contribution in [3.05, 3.63) is 0 Å². The fraction of sp³-hybridized carbons (Fsp3) is 1.00. The number of hydrogen-bond donors (Lipinski definition) is 0. The van der Waals surface area contributed by atoms with Gasteiger partial charge in [0.05, 0.1) is 0 Å². The predicted octanol–water partition coefficient (Wildman–Crippen LogP) is 1.45. The maximum Gasteiger partial charge on any atom is 0.303 e.